The Morgan fingerprint density at radius 2 is 2.22 bits per heavy atom. The van der Waals surface area contributed by atoms with Crippen LogP contribution >= 0.6 is 0 Å². The summed E-state index contributed by atoms with van der Waals surface area (Å²) in [6.07, 6.45) is 1.57. The Morgan fingerprint density at radius 1 is 1.50 bits per heavy atom. The van der Waals surface area contributed by atoms with Gasteiger partial charge in [0.1, 0.15) is 5.75 Å². The predicted octanol–water partition coefficient (Wildman–Crippen LogP) is 1.11. The molecule has 0 aromatic heterocycles. The maximum absolute atomic E-state index is 11.8. The summed E-state index contributed by atoms with van der Waals surface area (Å²) in [6, 6.07) is 4.41. The minimum Gasteiger partial charge on any atom is -0.506 e. The largest absolute Gasteiger partial charge is 0.506 e. The number of phenols is 1. The number of nitrogen functional groups attached to an aromatic ring is 1. The van der Waals surface area contributed by atoms with Gasteiger partial charge in [0.15, 0.2) is 0 Å². The Labute approximate surface area is 107 Å². The van der Waals surface area contributed by atoms with Crippen molar-refractivity contribution in [3.05, 3.63) is 23.8 Å². The summed E-state index contributed by atoms with van der Waals surface area (Å²) in [6.45, 7) is 2.65. The number of nitrogens with two attached hydrogens (primary N) is 1. The lowest BCUT2D eigenvalue weighted by atomic mass is 10.0. The van der Waals surface area contributed by atoms with Crippen molar-refractivity contribution in [2.45, 2.75) is 19.8 Å². The van der Waals surface area contributed by atoms with Crippen LogP contribution in [0.1, 0.15) is 30.1 Å². The number of aliphatic hydroxyl groups is 1. The molecule has 5 heteroatoms. The van der Waals surface area contributed by atoms with Crippen molar-refractivity contribution in [2.24, 2.45) is 5.92 Å². The number of anilines is 1. The number of benzene rings is 1. The minimum absolute atomic E-state index is 0.0925. The smallest absolute Gasteiger partial charge is 0.251 e. The number of rotatable bonds is 6. The first-order valence-corrected chi connectivity index (χ1v) is 6.06. The van der Waals surface area contributed by atoms with Crippen molar-refractivity contribution in [3.8, 4) is 5.75 Å². The molecule has 18 heavy (non-hydrogen) atoms. The Kier molecular flexibility index (Phi) is 5.45. The zero-order valence-electron chi connectivity index (χ0n) is 10.5. The van der Waals surface area contributed by atoms with Gasteiger partial charge in [-0.15, -0.1) is 0 Å². The zero-order valence-corrected chi connectivity index (χ0v) is 10.5. The van der Waals surface area contributed by atoms with Gasteiger partial charge in [0.2, 0.25) is 0 Å². The third kappa shape index (κ3) is 3.92. The van der Waals surface area contributed by atoms with Crippen LogP contribution in [0.3, 0.4) is 0 Å². The molecule has 0 aliphatic carbocycles. The summed E-state index contributed by atoms with van der Waals surface area (Å²) in [5.74, 6) is -0.0759. The van der Waals surface area contributed by atoms with Gasteiger partial charge in [-0.2, -0.15) is 0 Å². The van der Waals surface area contributed by atoms with Crippen LogP contribution in [-0.2, 0) is 0 Å². The van der Waals surface area contributed by atoms with Crippen molar-refractivity contribution in [2.75, 3.05) is 18.9 Å². The van der Waals surface area contributed by atoms with Crippen molar-refractivity contribution in [1.82, 2.24) is 5.32 Å². The van der Waals surface area contributed by atoms with E-state index in [4.69, 9.17) is 10.8 Å². The van der Waals surface area contributed by atoms with Gasteiger partial charge in [0, 0.05) is 18.7 Å². The van der Waals surface area contributed by atoms with Crippen LogP contribution in [0.15, 0.2) is 18.2 Å². The number of aliphatic hydroxyl groups excluding tert-OH is 1. The van der Waals surface area contributed by atoms with Gasteiger partial charge < -0.3 is 21.3 Å². The summed E-state index contributed by atoms with van der Waals surface area (Å²) in [7, 11) is 0. The number of amides is 1. The van der Waals surface area contributed by atoms with Gasteiger partial charge in [-0.3, -0.25) is 4.79 Å². The van der Waals surface area contributed by atoms with E-state index in [0.29, 0.717) is 18.5 Å². The van der Waals surface area contributed by atoms with E-state index in [0.717, 1.165) is 6.42 Å². The molecule has 1 aromatic rings. The quantitative estimate of drug-likeness (QED) is 0.450. The first kappa shape index (κ1) is 14.3. The summed E-state index contributed by atoms with van der Waals surface area (Å²) >= 11 is 0. The molecule has 0 saturated heterocycles. The summed E-state index contributed by atoms with van der Waals surface area (Å²) < 4.78 is 0. The van der Waals surface area contributed by atoms with Crippen LogP contribution in [0, 0.1) is 5.92 Å². The van der Waals surface area contributed by atoms with Crippen LogP contribution in [0.2, 0.25) is 0 Å². The van der Waals surface area contributed by atoms with E-state index in [9.17, 15) is 9.90 Å². The van der Waals surface area contributed by atoms with Crippen LogP contribution in [0.25, 0.3) is 0 Å². The molecule has 0 aliphatic rings. The van der Waals surface area contributed by atoms with Crippen LogP contribution in [0.4, 0.5) is 5.69 Å². The van der Waals surface area contributed by atoms with Crippen molar-refractivity contribution < 1.29 is 15.0 Å². The van der Waals surface area contributed by atoms with E-state index in [1.165, 1.54) is 12.1 Å². The van der Waals surface area contributed by atoms with Gasteiger partial charge in [-0.05, 0) is 30.5 Å². The molecule has 1 aromatic carbocycles. The standard InChI is InChI=1S/C13H20N2O3/c1-2-9(5-6-16)8-15-13(18)10-3-4-11(14)12(17)7-10/h3-4,7,9,16-17H,2,5-6,8,14H2,1H3,(H,15,18). The number of aromatic hydroxyl groups is 1. The molecule has 0 radical (unpaired) electrons. The van der Waals surface area contributed by atoms with E-state index < -0.39 is 0 Å². The van der Waals surface area contributed by atoms with Crippen LogP contribution in [-0.4, -0.2) is 29.3 Å². The SMILES string of the molecule is CCC(CCO)CNC(=O)c1ccc(N)c(O)c1. The summed E-state index contributed by atoms with van der Waals surface area (Å²) in [4.78, 5) is 11.8. The molecule has 0 fully saturated rings. The van der Waals surface area contributed by atoms with Gasteiger partial charge in [0.25, 0.3) is 5.91 Å². The third-order valence-electron chi connectivity index (χ3n) is 2.96. The fraction of sp³-hybridized carbons (Fsp3) is 0.462. The second-order valence-corrected chi connectivity index (χ2v) is 4.27. The van der Waals surface area contributed by atoms with Crippen LogP contribution in [0.5, 0.6) is 5.75 Å². The zero-order chi connectivity index (χ0) is 13.5. The molecule has 1 rings (SSSR count). The Bertz CT molecular complexity index is 407. The Hall–Kier alpha value is -1.75. The highest BCUT2D eigenvalue weighted by Crippen LogP contribution is 2.20. The molecular weight excluding hydrogens is 232 g/mol. The Balaban J connectivity index is 2.57. The lowest BCUT2D eigenvalue weighted by Crippen LogP contribution is -2.29. The molecule has 1 atom stereocenters. The van der Waals surface area contributed by atoms with E-state index >= 15 is 0 Å². The molecule has 5 nitrogen and oxygen atoms in total. The molecule has 0 bridgehead atoms. The van der Waals surface area contributed by atoms with Gasteiger partial charge in [0.05, 0.1) is 5.69 Å². The molecule has 1 amide bonds. The molecule has 1 unspecified atom stereocenters. The number of carbonyl (C=O) groups is 1. The monoisotopic (exact) mass is 252 g/mol. The fourth-order valence-electron chi connectivity index (χ4n) is 1.66. The van der Waals surface area contributed by atoms with E-state index in [1.807, 2.05) is 6.92 Å². The highest BCUT2D eigenvalue weighted by Gasteiger charge is 2.11. The highest BCUT2D eigenvalue weighted by atomic mass is 16.3. The van der Waals surface area contributed by atoms with E-state index in [-0.39, 0.29) is 29.9 Å². The molecule has 5 N–H and O–H groups in total. The van der Waals surface area contributed by atoms with Crippen LogP contribution < -0.4 is 11.1 Å². The molecule has 0 saturated carbocycles. The normalized spacial score (nSPS) is 12.1. The van der Waals surface area contributed by atoms with Crippen molar-refractivity contribution >= 4 is 11.6 Å². The molecule has 0 heterocycles. The number of nitrogens with one attached hydrogen (secondary N) is 1. The maximum Gasteiger partial charge on any atom is 0.251 e. The van der Waals surface area contributed by atoms with E-state index in [1.54, 1.807) is 6.07 Å². The van der Waals surface area contributed by atoms with Gasteiger partial charge in [-0.1, -0.05) is 13.3 Å². The molecule has 0 aliphatic heterocycles. The summed E-state index contributed by atoms with van der Waals surface area (Å²) in [5.41, 5.74) is 6.09. The fourth-order valence-corrected chi connectivity index (χ4v) is 1.66. The maximum atomic E-state index is 11.8. The predicted molar refractivity (Wildman–Crippen MR) is 70.3 cm³/mol. The number of phenolic OH excluding ortho intramolecular Hbond substituents is 1. The van der Waals surface area contributed by atoms with Gasteiger partial charge >= 0.3 is 0 Å². The minimum atomic E-state index is -0.248. The summed E-state index contributed by atoms with van der Waals surface area (Å²) in [5, 5.41) is 21.1. The lowest BCUT2D eigenvalue weighted by Gasteiger charge is -2.14. The molecule has 0 spiro atoms. The second-order valence-electron chi connectivity index (χ2n) is 4.27. The average molecular weight is 252 g/mol. The third-order valence-corrected chi connectivity index (χ3v) is 2.96. The molecule has 100 valence electrons. The molecular formula is C13H20N2O3. The average Bonchev–Trinajstić information content (AvgIpc) is 2.37. The van der Waals surface area contributed by atoms with Crippen molar-refractivity contribution in [3.63, 3.8) is 0 Å². The lowest BCUT2D eigenvalue weighted by molar-refractivity contribution is 0.0943. The second kappa shape index (κ2) is 6.86. The first-order valence-electron chi connectivity index (χ1n) is 6.06. The number of carbonyl (C=O) groups excluding carboxylic acids is 1. The van der Waals surface area contributed by atoms with E-state index in [2.05, 4.69) is 5.32 Å². The topological polar surface area (TPSA) is 95.6 Å². The number of hydrogen-bond donors (Lipinski definition) is 4. The van der Waals surface area contributed by atoms with Gasteiger partial charge in [-0.25, -0.2) is 0 Å². The highest BCUT2D eigenvalue weighted by molar-refractivity contribution is 5.95. The first-order chi connectivity index (χ1) is 8.58. The van der Waals surface area contributed by atoms with Crippen molar-refractivity contribution in [1.29, 1.82) is 0 Å². The Morgan fingerprint density at radius 3 is 2.78 bits per heavy atom. The number of hydrogen-bond acceptors (Lipinski definition) is 4.